The van der Waals surface area contributed by atoms with Crippen LogP contribution in [0.1, 0.15) is 22.8 Å². The molecule has 114 valence electrons. The Morgan fingerprint density at radius 1 is 1.33 bits per heavy atom. The molecule has 0 aliphatic carbocycles. The van der Waals surface area contributed by atoms with E-state index in [4.69, 9.17) is 0 Å². The van der Waals surface area contributed by atoms with Gasteiger partial charge >= 0.3 is 12.0 Å². The van der Waals surface area contributed by atoms with E-state index in [0.29, 0.717) is 12.2 Å². The van der Waals surface area contributed by atoms with Crippen LogP contribution in [0.4, 0.5) is 10.5 Å². The van der Waals surface area contributed by atoms with Crippen molar-refractivity contribution in [1.82, 2.24) is 9.80 Å². The monoisotopic (exact) mass is 291 g/mol. The average Bonchev–Trinajstić information content (AvgIpc) is 2.40. The number of benzene rings is 1. The molecule has 0 spiro atoms. The summed E-state index contributed by atoms with van der Waals surface area (Å²) in [5.41, 5.74) is 1.23. The van der Waals surface area contributed by atoms with E-state index in [1.165, 1.54) is 6.07 Å². The van der Waals surface area contributed by atoms with E-state index in [1.54, 1.807) is 24.0 Å². The van der Waals surface area contributed by atoms with Crippen LogP contribution in [0.25, 0.3) is 0 Å². The Morgan fingerprint density at radius 3 is 2.67 bits per heavy atom. The first-order valence-electron chi connectivity index (χ1n) is 6.99. The van der Waals surface area contributed by atoms with Gasteiger partial charge in [-0.05, 0) is 32.5 Å². The zero-order valence-electron chi connectivity index (χ0n) is 12.6. The molecule has 1 saturated heterocycles. The first-order valence-corrected chi connectivity index (χ1v) is 6.99. The van der Waals surface area contributed by atoms with Crippen LogP contribution in [0.2, 0.25) is 0 Å². The third kappa shape index (κ3) is 3.33. The lowest BCUT2D eigenvalue weighted by Crippen LogP contribution is -2.54. The smallest absolute Gasteiger partial charge is 0.337 e. The number of piperazine rings is 1. The van der Waals surface area contributed by atoms with Gasteiger partial charge in [0.15, 0.2) is 0 Å². The fourth-order valence-electron chi connectivity index (χ4n) is 2.63. The molecule has 2 rings (SSSR count). The highest BCUT2D eigenvalue weighted by Crippen LogP contribution is 2.22. The van der Waals surface area contributed by atoms with Gasteiger partial charge in [0.25, 0.3) is 0 Å². The fourth-order valence-corrected chi connectivity index (χ4v) is 2.63. The van der Waals surface area contributed by atoms with Crippen molar-refractivity contribution in [2.45, 2.75) is 19.9 Å². The molecule has 21 heavy (non-hydrogen) atoms. The van der Waals surface area contributed by atoms with Gasteiger partial charge in [-0.15, -0.1) is 0 Å². The quantitative estimate of drug-likeness (QED) is 0.872. The molecule has 1 atom stereocenters. The number of carbonyl (C=O) groups excluding carboxylic acids is 1. The van der Waals surface area contributed by atoms with E-state index in [0.717, 1.165) is 18.7 Å². The summed E-state index contributed by atoms with van der Waals surface area (Å²) in [6.07, 6.45) is 0. The molecule has 0 bridgehead atoms. The van der Waals surface area contributed by atoms with Crippen molar-refractivity contribution < 1.29 is 14.7 Å². The fraction of sp³-hybridized carbons (Fsp3) is 0.467. The second-order valence-corrected chi connectivity index (χ2v) is 5.54. The summed E-state index contributed by atoms with van der Waals surface area (Å²) >= 11 is 0. The number of amides is 2. The molecule has 1 fully saturated rings. The van der Waals surface area contributed by atoms with Crippen LogP contribution in [0.5, 0.6) is 0 Å². The maximum absolute atomic E-state index is 12.4. The molecule has 1 aromatic carbocycles. The van der Waals surface area contributed by atoms with E-state index in [1.807, 2.05) is 14.0 Å². The second kappa shape index (κ2) is 6.13. The number of nitrogens with one attached hydrogen (secondary N) is 1. The molecule has 1 aliphatic heterocycles. The highest BCUT2D eigenvalue weighted by molar-refractivity contribution is 6.01. The van der Waals surface area contributed by atoms with Crippen molar-refractivity contribution in [3.8, 4) is 0 Å². The summed E-state index contributed by atoms with van der Waals surface area (Å²) < 4.78 is 0. The predicted molar refractivity (Wildman–Crippen MR) is 80.8 cm³/mol. The normalized spacial score (nSPS) is 19.4. The standard InChI is InChI=1S/C15H21N3O3/c1-10-5-4-6-12(14(19)20)13(10)16-15(21)18-8-7-17(3)9-11(18)2/h4-6,11H,7-9H2,1-3H3,(H,16,21)(H,19,20). The Hall–Kier alpha value is -2.08. The lowest BCUT2D eigenvalue weighted by Gasteiger charge is -2.38. The summed E-state index contributed by atoms with van der Waals surface area (Å²) in [4.78, 5) is 27.6. The van der Waals surface area contributed by atoms with Crippen LogP contribution in [-0.4, -0.2) is 59.6 Å². The van der Waals surface area contributed by atoms with E-state index in [2.05, 4.69) is 10.2 Å². The Labute approximate surface area is 124 Å². The number of para-hydroxylation sites is 1. The number of rotatable bonds is 2. The van der Waals surface area contributed by atoms with Gasteiger partial charge in [-0.1, -0.05) is 12.1 Å². The largest absolute Gasteiger partial charge is 0.478 e. The zero-order valence-corrected chi connectivity index (χ0v) is 12.6. The van der Waals surface area contributed by atoms with Crippen LogP contribution in [-0.2, 0) is 0 Å². The van der Waals surface area contributed by atoms with Crippen molar-refractivity contribution in [2.75, 3.05) is 32.0 Å². The van der Waals surface area contributed by atoms with Crippen LogP contribution >= 0.6 is 0 Å². The average molecular weight is 291 g/mol. The van der Waals surface area contributed by atoms with Crippen LogP contribution < -0.4 is 5.32 Å². The van der Waals surface area contributed by atoms with E-state index < -0.39 is 5.97 Å². The van der Waals surface area contributed by atoms with Gasteiger partial charge in [-0.2, -0.15) is 0 Å². The van der Waals surface area contributed by atoms with Gasteiger partial charge in [-0.25, -0.2) is 9.59 Å². The number of aromatic carboxylic acids is 1. The number of carboxylic acids is 1. The molecule has 1 aromatic rings. The number of anilines is 1. The van der Waals surface area contributed by atoms with Crippen LogP contribution in [0.15, 0.2) is 18.2 Å². The minimum atomic E-state index is -1.04. The third-order valence-corrected chi connectivity index (χ3v) is 3.83. The number of hydrogen-bond acceptors (Lipinski definition) is 3. The number of hydrogen-bond donors (Lipinski definition) is 2. The molecule has 0 aromatic heterocycles. The molecule has 0 radical (unpaired) electrons. The van der Waals surface area contributed by atoms with E-state index in [-0.39, 0.29) is 17.6 Å². The topological polar surface area (TPSA) is 72.9 Å². The maximum Gasteiger partial charge on any atom is 0.337 e. The summed E-state index contributed by atoms with van der Waals surface area (Å²) in [5, 5.41) is 12.0. The van der Waals surface area contributed by atoms with Gasteiger partial charge in [0.1, 0.15) is 0 Å². The molecule has 1 heterocycles. The molecule has 6 nitrogen and oxygen atoms in total. The second-order valence-electron chi connectivity index (χ2n) is 5.54. The SMILES string of the molecule is Cc1cccc(C(=O)O)c1NC(=O)N1CCN(C)CC1C. The molecule has 2 N–H and O–H groups in total. The molecule has 2 amide bonds. The first-order chi connectivity index (χ1) is 9.90. The van der Waals surface area contributed by atoms with Crippen LogP contribution in [0.3, 0.4) is 0 Å². The molecule has 1 unspecified atom stereocenters. The maximum atomic E-state index is 12.4. The van der Waals surface area contributed by atoms with E-state index in [9.17, 15) is 14.7 Å². The molecular weight excluding hydrogens is 270 g/mol. The summed E-state index contributed by atoms with van der Waals surface area (Å²) in [5.74, 6) is -1.04. The highest BCUT2D eigenvalue weighted by Gasteiger charge is 2.26. The highest BCUT2D eigenvalue weighted by atomic mass is 16.4. The van der Waals surface area contributed by atoms with E-state index >= 15 is 0 Å². The lowest BCUT2D eigenvalue weighted by atomic mass is 10.1. The molecule has 1 aliphatic rings. The minimum Gasteiger partial charge on any atom is -0.478 e. The van der Waals surface area contributed by atoms with Crippen molar-refractivity contribution >= 4 is 17.7 Å². The minimum absolute atomic E-state index is 0.0982. The Bertz CT molecular complexity index is 559. The zero-order chi connectivity index (χ0) is 15.6. The van der Waals surface area contributed by atoms with Crippen molar-refractivity contribution in [1.29, 1.82) is 0 Å². The first kappa shape index (κ1) is 15.3. The van der Waals surface area contributed by atoms with Gasteiger partial charge in [-0.3, -0.25) is 0 Å². The Kier molecular flexibility index (Phi) is 4.47. The third-order valence-electron chi connectivity index (χ3n) is 3.83. The van der Waals surface area contributed by atoms with Gasteiger partial charge < -0.3 is 20.2 Å². The van der Waals surface area contributed by atoms with Gasteiger partial charge in [0, 0.05) is 25.7 Å². The van der Waals surface area contributed by atoms with Crippen molar-refractivity contribution in [2.24, 2.45) is 0 Å². The lowest BCUT2D eigenvalue weighted by molar-refractivity contribution is 0.0698. The predicted octanol–water partition coefficient (Wildman–Crippen LogP) is 1.86. The van der Waals surface area contributed by atoms with Crippen molar-refractivity contribution in [3.05, 3.63) is 29.3 Å². The number of likely N-dealkylation sites (N-methyl/N-ethyl adjacent to an activating group) is 1. The summed E-state index contributed by atoms with van der Waals surface area (Å²) in [6, 6.07) is 4.81. The molecule has 6 heteroatoms. The number of nitrogens with zero attached hydrogens (tertiary/aromatic N) is 2. The van der Waals surface area contributed by atoms with Gasteiger partial charge in [0.05, 0.1) is 11.3 Å². The van der Waals surface area contributed by atoms with Gasteiger partial charge in [0.2, 0.25) is 0 Å². The summed E-state index contributed by atoms with van der Waals surface area (Å²) in [6.45, 7) is 6.04. The molecule has 0 saturated carbocycles. The Balaban J connectivity index is 2.18. The van der Waals surface area contributed by atoms with Crippen molar-refractivity contribution in [3.63, 3.8) is 0 Å². The summed E-state index contributed by atoms with van der Waals surface area (Å²) in [7, 11) is 2.02. The number of aryl methyl sites for hydroxylation is 1. The van der Waals surface area contributed by atoms with Crippen LogP contribution in [0, 0.1) is 6.92 Å². The number of urea groups is 1. The molecular formula is C15H21N3O3. The Morgan fingerprint density at radius 2 is 2.05 bits per heavy atom. The number of carbonyl (C=O) groups is 2. The number of carboxylic acid groups (broad SMARTS) is 1.